The van der Waals surface area contributed by atoms with Crippen molar-refractivity contribution in [1.82, 2.24) is 14.9 Å². The summed E-state index contributed by atoms with van der Waals surface area (Å²) in [6.07, 6.45) is 8.17. The van der Waals surface area contributed by atoms with Crippen LogP contribution in [0.3, 0.4) is 0 Å². The Labute approximate surface area is 120 Å². The largest absolute Gasteiger partial charge is 0.352 e. The van der Waals surface area contributed by atoms with Crippen LogP contribution in [0.5, 0.6) is 0 Å². The van der Waals surface area contributed by atoms with Crippen molar-refractivity contribution >= 4 is 5.82 Å². The molecule has 1 aromatic heterocycles. The Morgan fingerprint density at radius 3 is 2.70 bits per heavy atom. The molecule has 1 N–H and O–H groups in total. The van der Waals surface area contributed by atoms with Gasteiger partial charge in [0.2, 0.25) is 0 Å². The summed E-state index contributed by atoms with van der Waals surface area (Å²) in [5, 5.41) is 3.42. The van der Waals surface area contributed by atoms with Gasteiger partial charge in [0.1, 0.15) is 0 Å². The second-order valence-electron chi connectivity index (χ2n) is 5.93. The van der Waals surface area contributed by atoms with Crippen molar-refractivity contribution in [1.29, 1.82) is 0 Å². The summed E-state index contributed by atoms with van der Waals surface area (Å²) in [4.78, 5) is 19.0. The molecule has 3 rings (SSSR count). The van der Waals surface area contributed by atoms with Gasteiger partial charge in [-0.15, -0.1) is 0 Å². The maximum Gasteiger partial charge on any atom is 0.293 e. The molecule has 0 unspecified atom stereocenters. The van der Waals surface area contributed by atoms with E-state index in [0.29, 0.717) is 11.9 Å². The summed E-state index contributed by atoms with van der Waals surface area (Å²) in [6, 6.07) is 0.426. The molecule has 1 aliphatic carbocycles. The van der Waals surface area contributed by atoms with Crippen LogP contribution in [0, 0.1) is 5.92 Å². The first-order valence-corrected chi connectivity index (χ1v) is 7.82. The van der Waals surface area contributed by atoms with Gasteiger partial charge >= 0.3 is 0 Å². The number of rotatable bonds is 5. The third kappa shape index (κ3) is 2.87. The van der Waals surface area contributed by atoms with E-state index in [1.165, 1.54) is 0 Å². The number of piperidine rings is 1. The van der Waals surface area contributed by atoms with Gasteiger partial charge in [-0.3, -0.25) is 4.79 Å². The molecule has 1 aromatic rings. The van der Waals surface area contributed by atoms with E-state index in [0.717, 1.165) is 57.8 Å². The normalized spacial score (nSPS) is 20.4. The molecule has 2 heterocycles. The van der Waals surface area contributed by atoms with Gasteiger partial charge in [0.25, 0.3) is 5.56 Å². The third-order valence-corrected chi connectivity index (χ3v) is 4.39. The van der Waals surface area contributed by atoms with Gasteiger partial charge in [-0.1, -0.05) is 6.92 Å². The van der Waals surface area contributed by atoms with Crippen molar-refractivity contribution in [2.45, 2.75) is 38.6 Å². The van der Waals surface area contributed by atoms with Crippen LogP contribution < -0.4 is 15.8 Å². The highest BCUT2D eigenvalue weighted by molar-refractivity contribution is 5.36. The van der Waals surface area contributed by atoms with Gasteiger partial charge in [-0.25, -0.2) is 4.98 Å². The van der Waals surface area contributed by atoms with E-state index in [1.54, 1.807) is 6.20 Å². The van der Waals surface area contributed by atoms with Crippen molar-refractivity contribution in [3.8, 4) is 0 Å². The summed E-state index contributed by atoms with van der Waals surface area (Å²) in [5.74, 6) is 1.39. The second kappa shape index (κ2) is 5.95. The Morgan fingerprint density at radius 2 is 2.05 bits per heavy atom. The first kappa shape index (κ1) is 13.6. The Morgan fingerprint density at radius 1 is 1.30 bits per heavy atom. The molecule has 0 spiro atoms. The molecule has 1 saturated carbocycles. The zero-order chi connectivity index (χ0) is 13.9. The second-order valence-corrected chi connectivity index (χ2v) is 5.93. The maximum atomic E-state index is 12.4. The molecular formula is C15H24N4O. The van der Waals surface area contributed by atoms with Gasteiger partial charge in [0.15, 0.2) is 5.82 Å². The predicted octanol–water partition coefficient (Wildman–Crippen LogP) is 1.40. The molecule has 5 heteroatoms. The fourth-order valence-corrected chi connectivity index (χ4v) is 2.97. The van der Waals surface area contributed by atoms with Crippen molar-refractivity contribution in [2.24, 2.45) is 5.92 Å². The topological polar surface area (TPSA) is 50.2 Å². The number of nitrogens with zero attached hydrogens (tertiary/aromatic N) is 3. The minimum Gasteiger partial charge on any atom is -0.352 e. The van der Waals surface area contributed by atoms with Crippen LogP contribution in [0.2, 0.25) is 0 Å². The Hall–Kier alpha value is -1.36. The standard InChI is InChI=1S/C15H24N4O/c1-2-16-11-12-5-8-18(9-6-12)14-15(20)19(10-7-17-14)13-3-4-13/h7,10,12-13,16H,2-6,8-9,11H2,1H3. The Kier molecular flexibility index (Phi) is 4.05. The van der Waals surface area contributed by atoms with E-state index in [9.17, 15) is 4.79 Å². The fraction of sp³-hybridized carbons (Fsp3) is 0.733. The maximum absolute atomic E-state index is 12.4. The molecule has 0 amide bonds. The summed E-state index contributed by atoms with van der Waals surface area (Å²) in [5.41, 5.74) is 0.0973. The lowest BCUT2D eigenvalue weighted by Crippen LogP contribution is -2.41. The zero-order valence-corrected chi connectivity index (χ0v) is 12.2. The molecule has 2 aliphatic rings. The number of hydrogen-bond acceptors (Lipinski definition) is 4. The van der Waals surface area contributed by atoms with E-state index < -0.39 is 0 Å². The smallest absolute Gasteiger partial charge is 0.293 e. The van der Waals surface area contributed by atoms with E-state index in [1.807, 2.05) is 10.8 Å². The Balaban J connectivity index is 1.66. The number of nitrogens with one attached hydrogen (secondary N) is 1. The average Bonchev–Trinajstić information content (AvgIpc) is 3.31. The van der Waals surface area contributed by atoms with Crippen molar-refractivity contribution in [3.63, 3.8) is 0 Å². The van der Waals surface area contributed by atoms with Gasteiger partial charge in [0, 0.05) is 31.5 Å². The average molecular weight is 276 g/mol. The fourth-order valence-electron chi connectivity index (χ4n) is 2.97. The first-order chi connectivity index (χ1) is 9.79. The van der Waals surface area contributed by atoms with Crippen molar-refractivity contribution in [3.05, 3.63) is 22.7 Å². The molecule has 0 bridgehead atoms. The monoisotopic (exact) mass is 276 g/mol. The highest BCUT2D eigenvalue weighted by atomic mass is 16.1. The van der Waals surface area contributed by atoms with Gasteiger partial charge < -0.3 is 14.8 Å². The molecule has 5 nitrogen and oxygen atoms in total. The van der Waals surface area contributed by atoms with Crippen LogP contribution >= 0.6 is 0 Å². The minimum absolute atomic E-state index is 0.0973. The highest BCUT2D eigenvalue weighted by Gasteiger charge is 2.27. The lowest BCUT2D eigenvalue weighted by Gasteiger charge is -2.32. The van der Waals surface area contributed by atoms with E-state index >= 15 is 0 Å². The van der Waals surface area contributed by atoms with Gasteiger partial charge in [-0.2, -0.15) is 0 Å². The third-order valence-electron chi connectivity index (χ3n) is 4.39. The Bertz CT molecular complexity index is 501. The van der Waals surface area contributed by atoms with Crippen LogP contribution in [0.4, 0.5) is 5.82 Å². The molecule has 20 heavy (non-hydrogen) atoms. The molecule has 1 aliphatic heterocycles. The van der Waals surface area contributed by atoms with Crippen LogP contribution in [-0.2, 0) is 0 Å². The van der Waals surface area contributed by atoms with E-state index in [2.05, 4.69) is 22.1 Å². The quantitative estimate of drug-likeness (QED) is 0.883. The summed E-state index contributed by atoms with van der Waals surface area (Å²) < 4.78 is 1.87. The van der Waals surface area contributed by atoms with Crippen LogP contribution in [0.1, 0.15) is 38.6 Å². The van der Waals surface area contributed by atoms with Gasteiger partial charge in [-0.05, 0) is 44.7 Å². The predicted molar refractivity (Wildman–Crippen MR) is 80.2 cm³/mol. The highest BCUT2D eigenvalue weighted by Crippen LogP contribution is 2.33. The number of anilines is 1. The van der Waals surface area contributed by atoms with E-state index in [-0.39, 0.29) is 5.56 Å². The van der Waals surface area contributed by atoms with E-state index in [4.69, 9.17) is 0 Å². The summed E-state index contributed by atoms with van der Waals surface area (Å²) >= 11 is 0. The van der Waals surface area contributed by atoms with Crippen LogP contribution in [0.15, 0.2) is 17.2 Å². The molecule has 0 radical (unpaired) electrons. The first-order valence-electron chi connectivity index (χ1n) is 7.82. The van der Waals surface area contributed by atoms with Crippen LogP contribution in [0.25, 0.3) is 0 Å². The number of aromatic nitrogens is 2. The lowest BCUT2D eigenvalue weighted by molar-refractivity contribution is 0.384. The zero-order valence-electron chi connectivity index (χ0n) is 12.2. The molecule has 0 atom stereocenters. The summed E-state index contributed by atoms with van der Waals surface area (Å²) in [6.45, 7) is 6.18. The van der Waals surface area contributed by atoms with Crippen LogP contribution in [-0.4, -0.2) is 35.7 Å². The molecule has 1 saturated heterocycles. The van der Waals surface area contributed by atoms with Gasteiger partial charge in [0.05, 0.1) is 0 Å². The molecule has 2 fully saturated rings. The molecule has 0 aromatic carbocycles. The molecular weight excluding hydrogens is 252 g/mol. The van der Waals surface area contributed by atoms with Crippen molar-refractivity contribution in [2.75, 3.05) is 31.1 Å². The van der Waals surface area contributed by atoms with Crippen molar-refractivity contribution < 1.29 is 0 Å². The SMILES string of the molecule is CCNCC1CCN(c2nccn(C3CC3)c2=O)CC1. The molecule has 110 valence electrons. The number of hydrogen-bond donors (Lipinski definition) is 1. The lowest BCUT2D eigenvalue weighted by atomic mass is 9.97. The minimum atomic E-state index is 0.0973. The summed E-state index contributed by atoms with van der Waals surface area (Å²) in [7, 11) is 0.